The highest BCUT2D eigenvalue weighted by Gasteiger charge is 2.24. The van der Waals surface area contributed by atoms with Crippen LogP contribution < -0.4 is 10.6 Å². The number of nitrogens with one attached hydrogen (secondary N) is 2. The summed E-state index contributed by atoms with van der Waals surface area (Å²) in [6.45, 7) is 1.69. The van der Waals surface area contributed by atoms with E-state index >= 15 is 0 Å². The first-order valence-corrected chi connectivity index (χ1v) is 7.30. The highest BCUT2D eigenvalue weighted by molar-refractivity contribution is 5.77. The molecule has 0 spiro atoms. The number of hydrogen-bond acceptors (Lipinski definition) is 6. The van der Waals surface area contributed by atoms with Gasteiger partial charge in [-0.25, -0.2) is 9.97 Å². The molecule has 0 amide bonds. The van der Waals surface area contributed by atoms with Crippen LogP contribution in [0, 0.1) is 17.0 Å². The zero-order valence-corrected chi connectivity index (χ0v) is 12.9. The molecule has 0 saturated heterocycles. The van der Waals surface area contributed by atoms with E-state index in [0.717, 1.165) is 0 Å². The molecule has 1 aromatic heterocycles. The number of anilines is 4. The summed E-state index contributed by atoms with van der Waals surface area (Å²) in [6, 6.07) is 18.3. The third-order valence-electron chi connectivity index (χ3n) is 3.25. The van der Waals surface area contributed by atoms with Crippen LogP contribution in [0.2, 0.25) is 0 Å². The van der Waals surface area contributed by atoms with Crippen molar-refractivity contribution in [2.75, 3.05) is 10.6 Å². The lowest BCUT2D eigenvalue weighted by Gasteiger charge is -2.11. The summed E-state index contributed by atoms with van der Waals surface area (Å²) in [5, 5.41) is 17.6. The van der Waals surface area contributed by atoms with Gasteiger partial charge in [-0.2, -0.15) is 0 Å². The Hall–Kier alpha value is -3.48. The molecule has 7 nitrogen and oxygen atoms in total. The van der Waals surface area contributed by atoms with Gasteiger partial charge in [-0.05, 0) is 31.2 Å². The van der Waals surface area contributed by atoms with Gasteiger partial charge in [0.05, 0.1) is 4.92 Å². The van der Waals surface area contributed by atoms with Crippen molar-refractivity contribution in [3.05, 3.63) is 76.6 Å². The summed E-state index contributed by atoms with van der Waals surface area (Å²) in [7, 11) is 0. The van der Waals surface area contributed by atoms with Gasteiger partial charge in [0.1, 0.15) is 5.82 Å². The first-order valence-electron chi connectivity index (χ1n) is 7.30. The van der Waals surface area contributed by atoms with Crippen LogP contribution in [0.3, 0.4) is 0 Å². The Kier molecular flexibility index (Phi) is 4.33. The van der Waals surface area contributed by atoms with Crippen molar-refractivity contribution in [1.29, 1.82) is 0 Å². The zero-order chi connectivity index (χ0) is 16.9. The molecule has 0 unspecified atom stereocenters. The second-order valence-corrected chi connectivity index (χ2v) is 5.06. The van der Waals surface area contributed by atoms with Crippen molar-refractivity contribution >= 4 is 28.7 Å². The maximum atomic E-state index is 11.6. The van der Waals surface area contributed by atoms with E-state index in [4.69, 9.17) is 0 Å². The number of para-hydroxylation sites is 2. The molecule has 24 heavy (non-hydrogen) atoms. The molecule has 7 heteroatoms. The second kappa shape index (κ2) is 6.74. The largest absolute Gasteiger partial charge is 0.353 e. The van der Waals surface area contributed by atoms with Crippen LogP contribution in [0.15, 0.2) is 60.7 Å². The summed E-state index contributed by atoms with van der Waals surface area (Å²) in [6.07, 6.45) is 0. The molecular weight excluding hydrogens is 306 g/mol. The highest BCUT2D eigenvalue weighted by Crippen LogP contribution is 2.33. The molecule has 0 bridgehead atoms. The Balaban J connectivity index is 2.04. The van der Waals surface area contributed by atoms with Crippen LogP contribution in [0.4, 0.5) is 28.7 Å². The smallest absolute Gasteiger partial charge is 0.334 e. The Labute approximate surface area is 138 Å². The second-order valence-electron chi connectivity index (χ2n) is 5.06. The van der Waals surface area contributed by atoms with Crippen LogP contribution in [0.1, 0.15) is 5.82 Å². The lowest BCUT2D eigenvalue weighted by atomic mass is 10.3. The van der Waals surface area contributed by atoms with Crippen molar-refractivity contribution < 1.29 is 4.92 Å². The molecular formula is C17H15N5O2. The summed E-state index contributed by atoms with van der Waals surface area (Å²) in [4.78, 5) is 19.5. The van der Waals surface area contributed by atoms with Crippen molar-refractivity contribution in [2.24, 2.45) is 0 Å². The molecule has 0 aliphatic carbocycles. The molecule has 0 fully saturated rings. The van der Waals surface area contributed by atoms with E-state index in [9.17, 15) is 10.1 Å². The number of nitro groups is 1. The van der Waals surface area contributed by atoms with Gasteiger partial charge in [-0.15, -0.1) is 0 Å². The van der Waals surface area contributed by atoms with Crippen molar-refractivity contribution in [1.82, 2.24) is 9.97 Å². The molecule has 1 heterocycles. The van der Waals surface area contributed by atoms with Crippen molar-refractivity contribution in [3.8, 4) is 0 Å². The molecule has 0 radical (unpaired) electrons. The van der Waals surface area contributed by atoms with E-state index in [0.29, 0.717) is 17.2 Å². The molecule has 0 aliphatic heterocycles. The van der Waals surface area contributed by atoms with Gasteiger partial charge in [-0.3, -0.25) is 10.1 Å². The molecule has 0 aliphatic rings. The maximum Gasteiger partial charge on any atom is 0.353 e. The fraction of sp³-hybridized carbons (Fsp3) is 0.0588. The van der Waals surface area contributed by atoms with Gasteiger partial charge in [0.2, 0.25) is 11.6 Å². The maximum absolute atomic E-state index is 11.6. The molecule has 0 atom stereocenters. The van der Waals surface area contributed by atoms with Crippen LogP contribution >= 0.6 is 0 Å². The minimum absolute atomic E-state index is 0.150. The van der Waals surface area contributed by atoms with E-state index in [2.05, 4.69) is 20.6 Å². The summed E-state index contributed by atoms with van der Waals surface area (Å²) in [5.41, 5.74) is 1.22. The van der Waals surface area contributed by atoms with Crippen LogP contribution in [-0.4, -0.2) is 14.9 Å². The summed E-state index contributed by atoms with van der Waals surface area (Å²) >= 11 is 0. The number of benzene rings is 2. The molecule has 2 aromatic carbocycles. The first-order chi connectivity index (χ1) is 11.6. The van der Waals surface area contributed by atoms with Crippen LogP contribution in [-0.2, 0) is 0 Å². The quantitative estimate of drug-likeness (QED) is 0.541. The van der Waals surface area contributed by atoms with Gasteiger partial charge in [0.15, 0.2) is 0 Å². The van der Waals surface area contributed by atoms with E-state index in [1.165, 1.54) is 0 Å². The minimum atomic E-state index is -0.490. The van der Waals surface area contributed by atoms with Gasteiger partial charge in [0.25, 0.3) is 0 Å². The number of hydrogen-bond donors (Lipinski definition) is 2. The SMILES string of the molecule is Cc1nc(Nc2ccccc2)c([N+](=O)[O-])c(Nc2ccccc2)n1. The van der Waals surface area contributed by atoms with E-state index in [-0.39, 0.29) is 17.3 Å². The Morgan fingerprint density at radius 2 is 1.25 bits per heavy atom. The lowest BCUT2D eigenvalue weighted by molar-refractivity contribution is -0.383. The predicted molar refractivity (Wildman–Crippen MR) is 92.9 cm³/mol. The Morgan fingerprint density at radius 1 is 0.833 bits per heavy atom. The lowest BCUT2D eigenvalue weighted by Crippen LogP contribution is -2.07. The van der Waals surface area contributed by atoms with Crippen molar-refractivity contribution in [2.45, 2.75) is 6.92 Å². The van der Waals surface area contributed by atoms with E-state index in [1.54, 1.807) is 6.92 Å². The third kappa shape index (κ3) is 3.46. The minimum Gasteiger partial charge on any atom is -0.334 e. The Bertz CT molecular complexity index is 791. The number of aryl methyl sites for hydroxylation is 1. The zero-order valence-electron chi connectivity index (χ0n) is 12.9. The standard InChI is InChI=1S/C17H15N5O2/c1-12-18-16(20-13-8-4-2-5-9-13)15(22(23)24)17(19-12)21-14-10-6-3-7-11-14/h2-11H,1H3,(H2,18,19,20,21). The van der Waals surface area contributed by atoms with E-state index in [1.807, 2.05) is 60.7 Å². The normalized spacial score (nSPS) is 10.2. The fourth-order valence-corrected chi connectivity index (χ4v) is 2.23. The van der Waals surface area contributed by atoms with Gasteiger partial charge in [0, 0.05) is 11.4 Å². The number of aromatic nitrogens is 2. The third-order valence-corrected chi connectivity index (χ3v) is 3.25. The summed E-state index contributed by atoms with van der Waals surface area (Å²) in [5.74, 6) is 0.728. The fourth-order valence-electron chi connectivity index (χ4n) is 2.23. The first kappa shape index (κ1) is 15.4. The molecule has 2 N–H and O–H groups in total. The Morgan fingerprint density at radius 3 is 1.62 bits per heavy atom. The summed E-state index contributed by atoms with van der Waals surface area (Å²) < 4.78 is 0. The monoisotopic (exact) mass is 321 g/mol. The van der Waals surface area contributed by atoms with Crippen LogP contribution in [0.5, 0.6) is 0 Å². The average Bonchev–Trinajstić information content (AvgIpc) is 2.56. The highest BCUT2D eigenvalue weighted by atomic mass is 16.6. The molecule has 0 saturated carbocycles. The van der Waals surface area contributed by atoms with Gasteiger partial charge < -0.3 is 10.6 Å². The number of rotatable bonds is 5. The topological polar surface area (TPSA) is 93.0 Å². The van der Waals surface area contributed by atoms with Gasteiger partial charge in [-0.1, -0.05) is 36.4 Å². The number of nitrogens with zero attached hydrogens (tertiary/aromatic N) is 3. The molecule has 3 rings (SSSR count). The van der Waals surface area contributed by atoms with Crippen LogP contribution in [0.25, 0.3) is 0 Å². The van der Waals surface area contributed by atoms with Gasteiger partial charge >= 0.3 is 5.69 Å². The average molecular weight is 321 g/mol. The predicted octanol–water partition coefficient (Wildman–Crippen LogP) is 4.18. The van der Waals surface area contributed by atoms with Crippen molar-refractivity contribution in [3.63, 3.8) is 0 Å². The molecule has 3 aromatic rings. The molecule has 120 valence electrons. The van der Waals surface area contributed by atoms with E-state index < -0.39 is 4.92 Å².